The molecule has 0 saturated carbocycles. The van der Waals surface area contributed by atoms with E-state index in [-0.39, 0.29) is 12.6 Å². The Balaban J connectivity index is 1.52. The van der Waals surface area contributed by atoms with Crippen LogP contribution in [0.3, 0.4) is 0 Å². The summed E-state index contributed by atoms with van der Waals surface area (Å²) >= 11 is 0. The van der Waals surface area contributed by atoms with Crippen LogP contribution in [0.25, 0.3) is 10.8 Å². The summed E-state index contributed by atoms with van der Waals surface area (Å²) in [6, 6.07) is 18.9. The zero-order chi connectivity index (χ0) is 16.8. The third-order valence-corrected chi connectivity index (χ3v) is 3.77. The van der Waals surface area contributed by atoms with Gasteiger partial charge in [0.15, 0.2) is 0 Å². The standard InChI is InChI=1S/C19H19N3O2/c23-18(16-9-8-14-5-1-2-6-15(14)11-16)13-22-19(24)21-12-17-7-3-4-10-20-17/h1-11,18,23H,12-13H2,(H2,21,22,24). The Labute approximate surface area is 140 Å². The lowest BCUT2D eigenvalue weighted by Gasteiger charge is -2.13. The third kappa shape index (κ3) is 4.08. The monoisotopic (exact) mass is 321 g/mol. The Morgan fingerprint density at radius 3 is 2.58 bits per heavy atom. The van der Waals surface area contributed by atoms with Crippen LogP contribution in [-0.4, -0.2) is 22.7 Å². The summed E-state index contributed by atoms with van der Waals surface area (Å²) in [6.07, 6.45) is 0.925. The normalized spacial score (nSPS) is 11.9. The van der Waals surface area contributed by atoms with Crippen molar-refractivity contribution >= 4 is 16.8 Å². The molecule has 5 heteroatoms. The summed E-state index contributed by atoms with van der Waals surface area (Å²) in [5.41, 5.74) is 1.56. The number of amides is 2. The fourth-order valence-electron chi connectivity index (χ4n) is 2.46. The van der Waals surface area contributed by atoms with Crippen LogP contribution in [0.15, 0.2) is 66.9 Å². The first-order chi connectivity index (χ1) is 11.7. The van der Waals surface area contributed by atoms with E-state index in [0.29, 0.717) is 6.54 Å². The maximum atomic E-state index is 11.8. The molecule has 1 aromatic heterocycles. The summed E-state index contributed by atoms with van der Waals surface area (Å²) in [5.74, 6) is 0. The second kappa shape index (κ2) is 7.57. The molecule has 1 unspecified atom stereocenters. The van der Waals surface area contributed by atoms with Crippen molar-refractivity contribution in [2.75, 3.05) is 6.54 Å². The fourth-order valence-corrected chi connectivity index (χ4v) is 2.46. The first-order valence-corrected chi connectivity index (χ1v) is 7.81. The van der Waals surface area contributed by atoms with Gasteiger partial charge in [-0.05, 0) is 34.5 Å². The molecule has 3 N–H and O–H groups in total. The van der Waals surface area contributed by atoms with E-state index < -0.39 is 6.10 Å². The number of benzene rings is 2. The van der Waals surface area contributed by atoms with Crippen molar-refractivity contribution in [2.24, 2.45) is 0 Å². The molecule has 0 aliphatic heterocycles. The molecular weight excluding hydrogens is 302 g/mol. The molecule has 0 bridgehead atoms. The van der Waals surface area contributed by atoms with Gasteiger partial charge in [-0.25, -0.2) is 4.79 Å². The molecule has 0 aliphatic carbocycles. The third-order valence-electron chi connectivity index (χ3n) is 3.77. The molecule has 2 aromatic carbocycles. The highest BCUT2D eigenvalue weighted by Gasteiger charge is 2.10. The predicted molar refractivity (Wildman–Crippen MR) is 93.4 cm³/mol. The Morgan fingerprint density at radius 2 is 1.79 bits per heavy atom. The van der Waals surface area contributed by atoms with Crippen molar-refractivity contribution in [3.05, 3.63) is 78.1 Å². The highest BCUT2D eigenvalue weighted by molar-refractivity contribution is 5.83. The van der Waals surface area contributed by atoms with E-state index in [2.05, 4.69) is 15.6 Å². The lowest BCUT2D eigenvalue weighted by Crippen LogP contribution is -2.37. The average molecular weight is 321 g/mol. The van der Waals surface area contributed by atoms with Gasteiger partial charge in [0.1, 0.15) is 0 Å². The van der Waals surface area contributed by atoms with Crippen molar-refractivity contribution < 1.29 is 9.90 Å². The SMILES string of the molecule is O=C(NCc1ccccn1)NCC(O)c1ccc2ccccc2c1. The first kappa shape index (κ1) is 16.0. The minimum Gasteiger partial charge on any atom is -0.387 e. The molecule has 0 fully saturated rings. The highest BCUT2D eigenvalue weighted by Crippen LogP contribution is 2.19. The average Bonchev–Trinajstić information content (AvgIpc) is 2.65. The summed E-state index contributed by atoms with van der Waals surface area (Å²) < 4.78 is 0. The van der Waals surface area contributed by atoms with Gasteiger partial charge in [-0.15, -0.1) is 0 Å². The van der Waals surface area contributed by atoms with Crippen molar-refractivity contribution in [1.82, 2.24) is 15.6 Å². The summed E-state index contributed by atoms with van der Waals surface area (Å²) in [6.45, 7) is 0.491. The molecule has 3 rings (SSSR count). The van der Waals surface area contributed by atoms with Crippen molar-refractivity contribution in [3.63, 3.8) is 0 Å². The highest BCUT2D eigenvalue weighted by atomic mass is 16.3. The predicted octanol–water partition coefficient (Wildman–Crippen LogP) is 2.77. The second-order valence-electron chi connectivity index (χ2n) is 5.51. The van der Waals surface area contributed by atoms with Gasteiger partial charge in [0.05, 0.1) is 18.3 Å². The molecule has 0 radical (unpaired) electrons. The molecule has 5 nitrogen and oxygen atoms in total. The minimum atomic E-state index is -0.754. The number of aliphatic hydroxyl groups is 1. The number of aliphatic hydroxyl groups excluding tert-OH is 1. The van der Waals surface area contributed by atoms with E-state index in [1.165, 1.54) is 0 Å². The second-order valence-corrected chi connectivity index (χ2v) is 5.51. The van der Waals surface area contributed by atoms with Crippen molar-refractivity contribution in [3.8, 4) is 0 Å². The Bertz CT molecular complexity index is 821. The topological polar surface area (TPSA) is 74.2 Å². The molecule has 1 atom stereocenters. The summed E-state index contributed by atoms with van der Waals surface area (Å²) in [5, 5.41) is 17.8. The zero-order valence-corrected chi connectivity index (χ0v) is 13.1. The van der Waals surface area contributed by atoms with E-state index in [9.17, 15) is 9.90 Å². The lowest BCUT2D eigenvalue weighted by molar-refractivity contribution is 0.173. The smallest absolute Gasteiger partial charge is 0.315 e. The minimum absolute atomic E-state index is 0.145. The maximum Gasteiger partial charge on any atom is 0.315 e. The van der Waals surface area contributed by atoms with Crippen LogP contribution in [-0.2, 0) is 6.54 Å². The molecule has 0 spiro atoms. The lowest BCUT2D eigenvalue weighted by atomic mass is 10.0. The Hall–Kier alpha value is -2.92. The first-order valence-electron chi connectivity index (χ1n) is 7.81. The number of fused-ring (bicyclic) bond motifs is 1. The van der Waals surface area contributed by atoms with Crippen molar-refractivity contribution in [1.29, 1.82) is 0 Å². The number of pyridine rings is 1. The van der Waals surface area contributed by atoms with Gasteiger partial charge in [-0.2, -0.15) is 0 Å². The molecule has 2 amide bonds. The zero-order valence-electron chi connectivity index (χ0n) is 13.1. The largest absolute Gasteiger partial charge is 0.387 e. The van der Waals surface area contributed by atoms with Gasteiger partial charge in [-0.3, -0.25) is 4.98 Å². The Morgan fingerprint density at radius 1 is 1.00 bits per heavy atom. The van der Waals surface area contributed by atoms with Gasteiger partial charge in [0, 0.05) is 12.7 Å². The number of carbonyl (C=O) groups excluding carboxylic acids is 1. The Kier molecular flexibility index (Phi) is 5.03. The molecule has 1 heterocycles. The van der Waals surface area contributed by atoms with Crippen LogP contribution in [0.2, 0.25) is 0 Å². The number of hydrogen-bond acceptors (Lipinski definition) is 3. The van der Waals surface area contributed by atoms with Crippen LogP contribution in [0, 0.1) is 0 Å². The molecule has 0 aliphatic rings. The van der Waals surface area contributed by atoms with E-state index in [1.807, 2.05) is 60.7 Å². The molecular formula is C19H19N3O2. The van der Waals surface area contributed by atoms with Gasteiger partial charge < -0.3 is 15.7 Å². The van der Waals surface area contributed by atoms with E-state index in [4.69, 9.17) is 0 Å². The number of nitrogens with one attached hydrogen (secondary N) is 2. The van der Waals surface area contributed by atoms with Gasteiger partial charge >= 0.3 is 6.03 Å². The molecule has 3 aromatic rings. The number of urea groups is 1. The van der Waals surface area contributed by atoms with Crippen LogP contribution in [0.4, 0.5) is 4.79 Å². The summed E-state index contributed by atoms with van der Waals surface area (Å²) in [7, 11) is 0. The van der Waals surface area contributed by atoms with Gasteiger partial charge in [-0.1, -0.05) is 42.5 Å². The van der Waals surface area contributed by atoms with E-state index in [0.717, 1.165) is 22.0 Å². The van der Waals surface area contributed by atoms with Crippen LogP contribution >= 0.6 is 0 Å². The fraction of sp³-hybridized carbons (Fsp3) is 0.158. The van der Waals surface area contributed by atoms with Gasteiger partial charge in [0.25, 0.3) is 0 Å². The van der Waals surface area contributed by atoms with Gasteiger partial charge in [0.2, 0.25) is 0 Å². The van der Waals surface area contributed by atoms with Crippen LogP contribution in [0.1, 0.15) is 17.4 Å². The summed E-state index contributed by atoms with van der Waals surface area (Å²) in [4.78, 5) is 15.9. The van der Waals surface area contributed by atoms with Crippen molar-refractivity contribution in [2.45, 2.75) is 12.6 Å². The number of nitrogens with zero attached hydrogens (tertiary/aromatic N) is 1. The quantitative estimate of drug-likeness (QED) is 0.676. The molecule has 0 saturated heterocycles. The van der Waals surface area contributed by atoms with Crippen LogP contribution < -0.4 is 10.6 Å². The number of hydrogen-bond donors (Lipinski definition) is 3. The number of aromatic nitrogens is 1. The van der Waals surface area contributed by atoms with E-state index in [1.54, 1.807) is 6.20 Å². The number of carbonyl (C=O) groups is 1. The maximum absolute atomic E-state index is 11.8. The molecule has 122 valence electrons. The number of rotatable bonds is 5. The van der Waals surface area contributed by atoms with Crippen LogP contribution in [0.5, 0.6) is 0 Å². The molecule has 24 heavy (non-hydrogen) atoms. The van der Waals surface area contributed by atoms with E-state index >= 15 is 0 Å².